The molecule has 1 aliphatic carbocycles. The number of Topliss-reactive ketones (excluding diaryl/α,β-unsaturated/α-hetero) is 1. The van der Waals surface area contributed by atoms with Crippen LogP contribution in [0.1, 0.15) is 38.1 Å². The minimum Gasteiger partial charge on any atom is -0.299 e. The second-order valence-corrected chi connectivity index (χ2v) is 7.27. The molecule has 1 aromatic carbocycles. The molecule has 100 valence electrons. The highest BCUT2D eigenvalue weighted by atomic mass is 32.1. The van der Waals surface area contributed by atoms with Crippen LogP contribution in [0.25, 0.3) is 10.2 Å². The molecule has 1 unspecified atom stereocenters. The summed E-state index contributed by atoms with van der Waals surface area (Å²) < 4.78 is 1.18. The van der Waals surface area contributed by atoms with Crippen molar-refractivity contribution in [2.45, 2.75) is 39.5 Å². The maximum Gasteiger partial charge on any atom is 0.143 e. The molecule has 1 aliphatic rings. The van der Waals surface area contributed by atoms with Gasteiger partial charge in [0, 0.05) is 5.92 Å². The SMILES string of the molecule is CC1(C)CCCC1C(=O)Cc1nc2ccccc2s1. The van der Waals surface area contributed by atoms with Gasteiger partial charge in [0.15, 0.2) is 0 Å². The fraction of sp³-hybridized carbons (Fsp3) is 0.500. The van der Waals surface area contributed by atoms with E-state index in [1.807, 2.05) is 18.2 Å². The number of rotatable bonds is 3. The fourth-order valence-corrected chi connectivity index (χ4v) is 4.17. The smallest absolute Gasteiger partial charge is 0.143 e. The number of aromatic nitrogens is 1. The Hall–Kier alpha value is -1.22. The van der Waals surface area contributed by atoms with E-state index in [-0.39, 0.29) is 11.3 Å². The van der Waals surface area contributed by atoms with Gasteiger partial charge in [-0.1, -0.05) is 32.4 Å². The zero-order valence-electron chi connectivity index (χ0n) is 11.5. The molecule has 1 atom stereocenters. The van der Waals surface area contributed by atoms with Gasteiger partial charge in [-0.25, -0.2) is 4.98 Å². The molecule has 3 rings (SSSR count). The molecule has 0 saturated heterocycles. The summed E-state index contributed by atoms with van der Waals surface area (Å²) in [5.41, 5.74) is 1.19. The zero-order valence-corrected chi connectivity index (χ0v) is 12.3. The van der Waals surface area contributed by atoms with Crippen LogP contribution in [0.15, 0.2) is 24.3 Å². The first-order chi connectivity index (χ1) is 9.06. The van der Waals surface area contributed by atoms with Crippen molar-refractivity contribution in [1.29, 1.82) is 0 Å². The lowest BCUT2D eigenvalue weighted by Gasteiger charge is -2.25. The Kier molecular flexibility index (Phi) is 3.17. The quantitative estimate of drug-likeness (QED) is 0.837. The lowest BCUT2D eigenvalue weighted by molar-refractivity contribution is -0.124. The predicted octanol–water partition coefficient (Wildman–Crippen LogP) is 4.23. The van der Waals surface area contributed by atoms with Crippen molar-refractivity contribution in [2.24, 2.45) is 11.3 Å². The van der Waals surface area contributed by atoms with Gasteiger partial charge < -0.3 is 0 Å². The number of hydrogen-bond donors (Lipinski definition) is 0. The van der Waals surface area contributed by atoms with E-state index >= 15 is 0 Å². The van der Waals surface area contributed by atoms with Crippen molar-refractivity contribution in [3.63, 3.8) is 0 Å². The van der Waals surface area contributed by atoms with E-state index in [1.54, 1.807) is 11.3 Å². The predicted molar refractivity (Wildman–Crippen MR) is 79.5 cm³/mol. The van der Waals surface area contributed by atoms with Crippen LogP contribution in [-0.2, 0) is 11.2 Å². The van der Waals surface area contributed by atoms with E-state index in [0.717, 1.165) is 16.9 Å². The van der Waals surface area contributed by atoms with Crippen LogP contribution in [0.4, 0.5) is 0 Å². The summed E-state index contributed by atoms with van der Waals surface area (Å²) >= 11 is 1.65. The minimum absolute atomic E-state index is 0.174. The van der Waals surface area contributed by atoms with Crippen LogP contribution < -0.4 is 0 Å². The molecule has 0 radical (unpaired) electrons. The molecule has 2 aromatic rings. The van der Waals surface area contributed by atoms with Gasteiger partial charge in [-0.05, 0) is 30.4 Å². The second-order valence-electron chi connectivity index (χ2n) is 6.15. The Bertz CT molecular complexity index is 581. The minimum atomic E-state index is 0.174. The molecular formula is C16H19NOS. The van der Waals surface area contributed by atoms with Gasteiger partial charge in [-0.15, -0.1) is 11.3 Å². The highest BCUT2D eigenvalue weighted by Gasteiger charge is 2.38. The number of carbonyl (C=O) groups is 1. The normalized spacial score (nSPS) is 21.9. The van der Waals surface area contributed by atoms with E-state index in [9.17, 15) is 4.79 Å². The van der Waals surface area contributed by atoms with Gasteiger partial charge in [0.2, 0.25) is 0 Å². The van der Waals surface area contributed by atoms with E-state index < -0.39 is 0 Å². The number of nitrogens with zero attached hydrogens (tertiary/aromatic N) is 1. The maximum absolute atomic E-state index is 12.5. The molecular weight excluding hydrogens is 254 g/mol. The molecule has 0 spiro atoms. The standard InChI is InChI=1S/C16H19NOS/c1-16(2)9-5-6-11(16)13(18)10-15-17-12-7-3-4-8-14(12)19-15/h3-4,7-8,11H,5-6,9-10H2,1-2H3. The second kappa shape index (κ2) is 4.71. The van der Waals surface area contributed by atoms with Crippen LogP contribution in [0.2, 0.25) is 0 Å². The third-order valence-electron chi connectivity index (χ3n) is 4.31. The fourth-order valence-electron chi connectivity index (χ4n) is 3.19. The largest absolute Gasteiger partial charge is 0.299 e. The number of ketones is 1. The summed E-state index contributed by atoms with van der Waals surface area (Å²) in [6.07, 6.45) is 3.91. The monoisotopic (exact) mass is 273 g/mol. The van der Waals surface area contributed by atoms with E-state index in [2.05, 4.69) is 24.9 Å². The first-order valence-electron chi connectivity index (χ1n) is 6.93. The Morgan fingerprint density at radius 1 is 1.42 bits per heavy atom. The lowest BCUT2D eigenvalue weighted by atomic mass is 9.79. The topological polar surface area (TPSA) is 30.0 Å². The van der Waals surface area contributed by atoms with Crippen molar-refractivity contribution in [1.82, 2.24) is 4.98 Å². The van der Waals surface area contributed by atoms with Crippen molar-refractivity contribution in [2.75, 3.05) is 0 Å². The summed E-state index contributed by atoms with van der Waals surface area (Å²) in [4.78, 5) is 17.0. The summed E-state index contributed by atoms with van der Waals surface area (Å²) in [6, 6.07) is 8.10. The molecule has 1 aromatic heterocycles. The number of benzene rings is 1. The molecule has 1 fully saturated rings. The van der Waals surface area contributed by atoms with Crippen molar-refractivity contribution >= 4 is 27.3 Å². The molecule has 0 N–H and O–H groups in total. The number of carbonyl (C=O) groups excluding carboxylic acids is 1. The number of hydrogen-bond acceptors (Lipinski definition) is 3. The van der Waals surface area contributed by atoms with Gasteiger partial charge in [0.25, 0.3) is 0 Å². The van der Waals surface area contributed by atoms with E-state index in [1.165, 1.54) is 17.5 Å². The average Bonchev–Trinajstić information content (AvgIpc) is 2.90. The third-order valence-corrected chi connectivity index (χ3v) is 5.35. The molecule has 1 saturated carbocycles. The van der Waals surface area contributed by atoms with Gasteiger partial charge in [-0.2, -0.15) is 0 Å². The molecule has 2 nitrogen and oxygen atoms in total. The summed E-state index contributed by atoms with van der Waals surface area (Å²) in [7, 11) is 0. The van der Waals surface area contributed by atoms with Crippen LogP contribution in [0, 0.1) is 11.3 Å². The maximum atomic E-state index is 12.5. The Morgan fingerprint density at radius 3 is 2.89 bits per heavy atom. The van der Waals surface area contributed by atoms with Crippen LogP contribution in [-0.4, -0.2) is 10.8 Å². The Morgan fingerprint density at radius 2 is 2.21 bits per heavy atom. The Labute approximate surface area is 117 Å². The number of thiazole rings is 1. The first kappa shape index (κ1) is 12.8. The van der Waals surface area contributed by atoms with Gasteiger partial charge >= 0.3 is 0 Å². The molecule has 0 bridgehead atoms. The van der Waals surface area contributed by atoms with E-state index in [4.69, 9.17) is 0 Å². The highest BCUT2D eigenvalue weighted by molar-refractivity contribution is 7.18. The van der Waals surface area contributed by atoms with Gasteiger partial charge in [-0.3, -0.25) is 4.79 Å². The average molecular weight is 273 g/mol. The van der Waals surface area contributed by atoms with E-state index in [0.29, 0.717) is 12.2 Å². The number of fused-ring (bicyclic) bond motifs is 1. The molecule has 3 heteroatoms. The van der Waals surface area contributed by atoms with Crippen molar-refractivity contribution in [3.8, 4) is 0 Å². The Balaban J connectivity index is 1.79. The van der Waals surface area contributed by atoms with Gasteiger partial charge in [0.05, 0.1) is 16.6 Å². The summed E-state index contributed by atoms with van der Waals surface area (Å²) in [6.45, 7) is 4.45. The van der Waals surface area contributed by atoms with Crippen LogP contribution in [0.5, 0.6) is 0 Å². The molecule has 0 amide bonds. The molecule has 19 heavy (non-hydrogen) atoms. The highest BCUT2D eigenvalue weighted by Crippen LogP contribution is 2.43. The van der Waals surface area contributed by atoms with Crippen molar-refractivity contribution in [3.05, 3.63) is 29.3 Å². The third kappa shape index (κ3) is 2.44. The van der Waals surface area contributed by atoms with Crippen molar-refractivity contribution < 1.29 is 4.79 Å². The van der Waals surface area contributed by atoms with Crippen LogP contribution in [0.3, 0.4) is 0 Å². The summed E-state index contributed by atoms with van der Waals surface area (Å²) in [5.74, 6) is 0.598. The van der Waals surface area contributed by atoms with Gasteiger partial charge in [0.1, 0.15) is 10.8 Å². The molecule has 1 heterocycles. The summed E-state index contributed by atoms with van der Waals surface area (Å²) in [5, 5.41) is 0.967. The lowest BCUT2D eigenvalue weighted by Crippen LogP contribution is -2.27. The first-order valence-corrected chi connectivity index (χ1v) is 7.75. The molecule has 0 aliphatic heterocycles. The number of para-hydroxylation sites is 1. The zero-order chi connectivity index (χ0) is 13.5. The van der Waals surface area contributed by atoms with Crippen LogP contribution >= 0.6 is 11.3 Å².